The van der Waals surface area contributed by atoms with Crippen LogP contribution in [-0.4, -0.2) is 44.6 Å². The number of hydrogen-bond donors (Lipinski definition) is 1. The van der Waals surface area contributed by atoms with E-state index in [2.05, 4.69) is 4.99 Å². The molecule has 0 bridgehead atoms. The van der Waals surface area contributed by atoms with Crippen LogP contribution in [0.15, 0.2) is 69.7 Å². The van der Waals surface area contributed by atoms with Crippen LogP contribution in [-0.2, 0) is 19.6 Å². The molecule has 0 radical (unpaired) electrons. The second-order valence-electron chi connectivity index (χ2n) is 8.37. The molecule has 1 heterocycles. The average molecular weight is 524 g/mol. The van der Waals surface area contributed by atoms with Crippen molar-refractivity contribution in [2.24, 2.45) is 16.1 Å². The van der Waals surface area contributed by atoms with E-state index in [0.29, 0.717) is 34.7 Å². The standard InChI is InChI=1S/C24H21F4N3O4S/c1-35-23(32)24-11-14(12-29)21(30-17-4-2-16(25)3-5-17)8-15(24)6-7-31(13-24)36(33,34)18-9-19(26)22(28)20(27)10-18/h2-5,8-10,12H,6-7,11,13,29H2,1H3/b14-12-,30-21?/t24-/m0/s1. The number of piperidine rings is 1. The number of rotatable bonds is 4. The molecule has 4 rings (SSSR count). The van der Waals surface area contributed by atoms with Crippen LogP contribution in [0.5, 0.6) is 0 Å². The Morgan fingerprint density at radius 1 is 1.14 bits per heavy atom. The number of benzene rings is 2. The Hall–Kier alpha value is -3.51. The number of esters is 1. The van der Waals surface area contributed by atoms with Gasteiger partial charge < -0.3 is 10.5 Å². The highest BCUT2D eigenvalue weighted by Gasteiger charge is 2.52. The number of ether oxygens (including phenoxy) is 1. The minimum Gasteiger partial charge on any atom is -0.468 e. The van der Waals surface area contributed by atoms with Crippen molar-refractivity contribution in [2.45, 2.75) is 17.7 Å². The third-order valence-corrected chi connectivity index (χ3v) is 8.10. The quantitative estimate of drug-likeness (QED) is 0.374. The highest BCUT2D eigenvalue weighted by atomic mass is 32.2. The Labute approximate surface area is 204 Å². The van der Waals surface area contributed by atoms with Crippen LogP contribution in [0.2, 0.25) is 0 Å². The van der Waals surface area contributed by atoms with Gasteiger partial charge in [-0.05, 0) is 72.7 Å². The zero-order chi connectivity index (χ0) is 26.3. The highest BCUT2D eigenvalue weighted by Crippen LogP contribution is 2.46. The summed E-state index contributed by atoms with van der Waals surface area (Å²) in [4.78, 5) is 16.7. The summed E-state index contributed by atoms with van der Waals surface area (Å²) < 4.78 is 86.6. The minimum atomic E-state index is -4.51. The number of carbonyl (C=O) groups is 1. The molecule has 1 aliphatic carbocycles. The van der Waals surface area contributed by atoms with Crippen LogP contribution in [0.25, 0.3) is 0 Å². The number of nitrogens with zero attached hydrogens (tertiary/aromatic N) is 2. The summed E-state index contributed by atoms with van der Waals surface area (Å²) in [5.41, 5.74) is 6.13. The predicted octanol–water partition coefficient (Wildman–Crippen LogP) is 3.74. The molecular formula is C24H21F4N3O4S. The summed E-state index contributed by atoms with van der Waals surface area (Å²) in [6, 6.07) is 6.20. The summed E-state index contributed by atoms with van der Waals surface area (Å²) in [5.74, 6) is -6.26. The fourth-order valence-electron chi connectivity index (χ4n) is 4.42. The first-order valence-corrected chi connectivity index (χ1v) is 12.2. The van der Waals surface area contributed by atoms with Crippen LogP contribution in [0, 0.1) is 28.7 Å². The van der Waals surface area contributed by atoms with Crippen molar-refractivity contribution in [2.75, 3.05) is 20.2 Å². The number of allylic oxidation sites excluding steroid dienone is 2. The Kier molecular flexibility index (Phi) is 6.76. The average Bonchev–Trinajstić information content (AvgIpc) is 2.86. The lowest BCUT2D eigenvalue weighted by Crippen LogP contribution is -2.53. The lowest BCUT2D eigenvalue weighted by atomic mass is 9.67. The maximum atomic E-state index is 13.8. The first-order valence-electron chi connectivity index (χ1n) is 10.7. The summed E-state index contributed by atoms with van der Waals surface area (Å²) in [6.45, 7) is -0.533. The van der Waals surface area contributed by atoms with Crippen LogP contribution in [0.3, 0.4) is 0 Å². The van der Waals surface area contributed by atoms with Gasteiger partial charge in [-0.15, -0.1) is 0 Å². The topological polar surface area (TPSA) is 102 Å². The summed E-state index contributed by atoms with van der Waals surface area (Å²) in [6.07, 6.45) is 2.85. The molecule has 2 N–H and O–H groups in total. The number of sulfonamides is 1. The largest absolute Gasteiger partial charge is 0.468 e. The number of hydrogen-bond acceptors (Lipinski definition) is 6. The van der Waals surface area contributed by atoms with Gasteiger partial charge in [0, 0.05) is 13.1 Å². The van der Waals surface area contributed by atoms with E-state index < -0.39 is 56.1 Å². The number of aliphatic imine (C=N–C) groups is 1. The van der Waals surface area contributed by atoms with E-state index in [-0.39, 0.29) is 19.4 Å². The molecule has 0 aromatic heterocycles. The summed E-state index contributed by atoms with van der Waals surface area (Å²) >= 11 is 0. The van der Waals surface area contributed by atoms with E-state index >= 15 is 0 Å². The zero-order valence-corrected chi connectivity index (χ0v) is 19.8. The van der Waals surface area contributed by atoms with E-state index in [1.165, 1.54) is 30.5 Å². The summed E-state index contributed by atoms with van der Waals surface area (Å²) in [5, 5.41) is 0. The Morgan fingerprint density at radius 3 is 2.36 bits per heavy atom. The minimum absolute atomic E-state index is 0.0693. The second-order valence-corrected chi connectivity index (χ2v) is 10.3. The van der Waals surface area contributed by atoms with Crippen LogP contribution in [0.1, 0.15) is 12.8 Å². The number of carbonyl (C=O) groups excluding carboxylic acids is 1. The maximum Gasteiger partial charge on any atom is 0.317 e. The molecule has 190 valence electrons. The van der Waals surface area contributed by atoms with Crippen LogP contribution in [0.4, 0.5) is 23.2 Å². The van der Waals surface area contributed by atoms with Gasteiger partial charge in [-0.2, -0.15) is 4.31 Å². The fourth-order valence-corrected chi connectivity index (χ4v) is 5.95. The molecule has 7 nitrogen and oxygen atoms in total. The van der Waals surface area contributed by atoms with E-state index in [0.717, 1.165) is 11.4 Å². The first-order chi connectivity index (χ1) is 17.0. The van der Waals surface area contributed by atoms with Crippen molar-refractivity contribution in [1.82, 2.24) is 4.31 Å². The molecule has 36 heavy (non-hydrogen) atoms. The summed E-state index contributed by atoms with van der Waals surface area (Å²) in [7, 11) is -3.36. The van der Waals surface area contributed by atoms with Crippen molar-refractivity contribution in [1.29, 1.82) is 0 Å². The van der Waals surface area contributed by atoms with Gasteiger partial charge in [0.15, 0.2) is 17.5 Å². The van der Waals surface area contributed by atoms with Crippen LogP contribution < -0.4 is 5.73 Å². The molecule has 1 atom stereocenters. The molecule has 1 aliphatic heterocycles. The molecule has 0 saturated carbocycles. The van der Waals surface area contributed by atoms with Gasteiger partial charge in [0.25, 0.3) is 0 Å². The fraction of sp³-hybridized carbons (Fsp3) is 0.250. The van der Waals surface area contributed by atoms with Crippen molar-refractivity contribution < 1.29 is 35.5 Å². The third-order valence-electron chi connectivity index (χ3n) is 6.27. The van der Waals surface area contributed by atoms with E-state index in [1.54, 1.807) is 6.08 Å². The Balaban J connectivity index is 1.77. The number of methoxy groups -OCH3 is 1. The van der Waals surface area contributed by atoms with Crippen molar-refractivity contribution in [3.63, 3.8) is 0 Å². The Bertz CT molecular complexity index is 1400. The Morgan fingerprint density at radius 2 is 1.78 bits per heavy atom. The number of fused-ring (bicyclic) bond motifs is 1. The van der Waals surface area contributed by atoms with Gasteiger partial charge in [0.2, 0.25) is 10.0 Å². The second kappa shape index (κ2) is 9.51. The molecule has 12 heteroatoms. The van der Waals surface area contributed by atoms with Crippen LogP contribution >= 0.6 is 0 Å². The van der Waals surface area contributed by atoms with Gasteiger partial charge in [0.05, 0.1) is 23.4 Å². The lowest BCUT2D eigenvalue weighted by Gasteiger charge is -2.44. The molecule has 1 saturated heterocycles. The lowest BCUT2D eigenvalue weighted by molar-refractivity contribution is -0.151. The third kappa shape index (κ3) is 4.42. The number of nitrogens with two attached hydrogens (primary N) is 1. The van der Waals surface area contributed by atoms with Gasteiger partial charge in [-0.25, -0.2) is 31.0 Å². The normalized spacial score (nSPS) is 22.9. The van der Waals surface area contributed by atoms with Gasteiger partial charge in [0.1, 0.15) is 11.2 Å². The van der Waals surface area contributed by atoms with E-state index in [9.17, 15) is 30.8 Å². The molecule has 2 aromatic rings. The highest BCUT2D eigenvalue weighted by molar-refractivity contribution is 7.89. The predicted molar refractivity (Wildman–Crippen MR) is 123 cm³/mol. The molecule has 2 aromatic carbocycles. The van der Waals surface area contributed by atoms with Gasteiger partial charge in [-0.1, -0.05) is 0 Å². The molecule has 0 unspecified atom stereocenters. The number of halogens is 4. The molecule has 2 aliphatic rings. The molecule has 1 fully saturated rings. The molecule has 0 amide bonds. The molecule has 0 spiro atoms. The van der Waals surface area contributed by atoms with E-state index in [1.807, 2.05) is 0 Å². The van der Waals surface area contributed by atoms with Crippen molar-refractivity contribution >= 4 is 27.4 Å². The smallest absolute Gasteiger partial charge is 0.317 e. The maximum absolute atomic E-state index is 13.8. The van der Waals surface area contributed by atoms with Crippen molar-refractivity contribution in [3.8, 4) is 0 Å². The van der Waals surface area contributed by atoms with Crippen molar-refractivity contribution in [3.05, 3.63) is 83.1 Å². The first kappa shape index (κ1) is 25.6. The van der Waals surface area contributed by atoms with E-state index in [4.69, 9.17) is 10.5 Å². The zero-order valence-electron chi connectivity index (χ0n) is 19.0. The van der Waals surface area contributed by atoms with Gasteiger partial charge in [-0.3, -0.25) is 4.79 Å². The van der Waals surface area contributed by atoms with Gasteiger partial charge >= 0.3 is 5.97 Å². The molecular weight excluding hydrogens is 502 g/mol. The SMILES string of the molecule is COC(=O)[C@]12C/C(=C/N)C(=Nc3ccc(F)cc3)C=C1CCN(S(=O)(=O)c1cc(F)c(F)c(F)c1)C2. The monoisotopic (exact) mass is 523 g/mol.